The molecule has 2 aromatic carbocycles. The number of benzene rings is 2. The summed E-state index contributed by atoms with van der Waals surface area (Å²) >= 11 is 0. The Morgan fingerprint density at radius 1 is 1.04 bits per heavy atom. The molecule has 0 atom stereocenters. The molecule has 1 radical (unpaired) electrons. The van der Waals surface area contributed by atoms with E-state index in [-0.39, 0.29) is 67.2 Å². The molecule has 0 amide bonds. The predicted molar refractivity (Wildman–Crippen MR) is 125 cm³/mol. The van der Waals surface area contributed by atoms with Gasteiger partial charge < -0.3 is 12.4 Å². The van der Waals surface area contributed by atoms with Crippen molar-refractivity contribution in [3.8, 4) is 0 Å². The fourth-order valence-electron chi connectivity index (χ4n) is 3.23. The zero-order valence-electron chi connectivity index (χ0n) is 16.3. The van der Waals surface area contributed by atoms with Gasteiger partial charge in [0.15, 0.2) is 0 Å². The molecule has 0 N–H and O–H groups in total. The average Bonchev–Trinajstić information content (AvgIpc) is 3.30. The fourth-order valence-corrected chi connectivity index (χ4v) is 4.18. The molecule has 5 rings (SSSR count). The SMILES string of the molecule is C[Si](C)C1=CC=CC1.Cl.Cl.[CH3-].[Zr+2].[c-]1cccc2c1C1=c3ccccc3=CC1=N2. The average molecular weight is 505 g/mol. The molecule has 0 aromatic heterocycles. The van der Waals surface area contributed by atoms with Crippen LogP contribution in [0.2, 0.25) is 13.1 Å². The van der Waals surface area contributed by atoms with Crippen molar-refractivity contribution in [3.05, 3.63) is 95.4 Å². The Bertz CT molecular complexity index is 1020. The normalized spacial score (nSPS) is 13.6. The van der Waals surface area contributed by atoms with E-state index in [1.165, 1.54) is 22.4 Å². The minimum atomic E-state index is -0.114. The van der Waals surface area contributed by atoms with Crippen molar-refractivity contribution in [2.24, 2.45) is 4.99 Å². The van der Waals surface area contributed by atoms with Crippen LogP contribution in [-0.2, 0) is 26.2 Å². The van der Waals surface area contributed by atoms with Gasteiger partial charge in [0.1, 0.15) is 0 Å². The second-order valence-electron chi connectivity index (χ2n) is 6.36. The number of hydrogen-bond donors (Lipinski definition) is 0. The Morgan fingerprint density at radius 2 is 1.79 bits per heavy atom. The number of rotatable bonds is 1. The summed E-state index contributed by atoms with van der Waals surface area (Å²) in [5.74, 6) is 0. The van der Waals surface area contributed by atoms with E-state index in [9.17, 15) is 0 Å². The molecule has 2 aromatic rings. The van der Waals surface area contributed by atoms with Gasteiger partial charge in [-0.15, -0.1) is 54.6 Å². The van der Waals surface area contributed by atoms with Crippen LogP contribution >= 0.6 is 24.8 Å². The summed E-state index contributed by atoms with van der Waals surface area (Å²) in [5, 5.41) is 4.21. The topological polar surface area (TPSA) is 12.4 Å². The molecular formula is C23H24Cl2NSiZr. The first-order valence-corrected chi connectivity index (χ1v) is 10.8. The third-order valence-electron chi connectivity index (χ3n) is 4.52. The number of allylic oxidation sites excluding steroid dienone is 4. The Labute approximate surface area is 201 Å². The van der Waals surface area contributed by atoms with Gasteiger partial charge >= 0.3 is 26.2 Å². The maximum Gasteiger partial charge on any atom is 2.00 e. The van der Waals surface area contributed by atoms with Crippen molar-refractivity contribution < 1.29 is 26.2 Å². The molecule has 143 valence electrons. The zero-order chi connectivity index (χ0) is 16.5. The van der Waals surface area contributed by atoms with Crippen LogP contribution in [0.15, 0.2) is 70.9 Å². The molecule has 0 bridgehead atoms. The number of halogens is 2. The summed E-state index contributed by atoms with van der Waals surface area (Å²) in [5.41, 5.74) is 4.50. The second kappa shape index (κ2) is 11.9. The second-order valence-corrected chi connectivity index (χ2v) is 9.00. The van der Waals surface area contributed by atoms with Crippen LogP contribution in [0.1, 0.15) is 12.0 Å². The van der Waals surface area contributed by atoms with E-state index < -0.39 is 0 Å². The molecule has 2 aliphatic carbocycles. The largest absolute Gasteiger partial charge is 2.00 e. The van der Waals surface area contributed by atoms with E-state index in [0.29, 0.717) is 0 Å². The molecule has 0 fully saturated rings. The summed E-state index contributed by atoms with van der Waals surface area (Å²) in [6.45, 7) is 4.67. The predicted octanol–water partition coefficient (Wildman–Crippen LogP) is 5.02. The van der Waals surface area contributed by atoms with Gasteiger partial charge in [0.2, 0.25) is 0 Å². The van der Waals surface area contributed by atoms with E-state index in [0.717, 1.165) is 17.0 Å². The van der Waals surface area contributed by atoms with E-state index in [4.69, 9.17) is 0 Å². The minimum Gasteiger partial charge on any atom is -0.358 e. The van der Waals surface area contributed by atoms with Crippen LogP contribution in [0.4, 0.5) is 5.69 Å². The minimum absolute atomic E-state index is 0. The number of aliphatic imine (C=N–C) groups is 1. The van der Waals surface area contributed by atoms with Gasteiger partial charge in [-0.1, -0.05) is 71.6 Å². The van der Waals surface area contributed by atoms with Crippen molar-refractivity contribution in [3.63, 3.8) is 0 Å². The summed E-state index contributed by atoms with van der Waals surface area (Å²) in [6.07, 6.45) is 10.0. The van der Waals surface area contributed by atoms with Crippen molar-refractivity contribution >= 4 is 56.7 Å². The molecule has 1 heterocycles. The van der Waals surface area contributed by atoms with Gasteiger partial charge in [-0.05, 0) is 23.4 Å². The molecule has 28 heavy (non-hydrogen) atoms. The van der Waals surface area contributed by atoms with E-state index in [2.05, 4.69) is 72.7 Å². The Balaban J connectivity index is 0.000000535. The zero-order valence-corrected chi connectivity index (χ0v) is 21.4. The monoisotopic (exact) mass is 502 g/mol. The molecular weight excluding hydrogens is 480 g/mol. The van der Waals surface area contributed by atoms with Crippen molar-refractivity contribution in [2.75, 3.05) is 0 Å². The maximum atomic E-state index is 4.62. The Morgan fingerprint density at radius 3 is 2.43 bits per heavy atom. The smallest absolute Gasteiger partial charge is 0.358 e. The van der Waals surface area contributed by atoms with Crippen LogP contribution in [-0.4, -0.2) is 14.5 Å². The third kappa shape index (κ3) is 5.33. The van der Waals surface area contributed by atoms with Gasteiger partial charge in [-0.25, -0.2) is 0 Å². The molecule has 1 aliphatic heterocycles. The standard InChI is InChI=1S/C15H8N.C7H11Si.CH3.2ClH.Zr/c1-2-6-11-10(5-1)9-14-15(11)12-7-3-4-8-13(12)16-14;1-8(2)7-5-3-4-6-7;;;;/h1-6,8-9H;3-5H,6H2,1-2H3;1H3;2*1H;/q-1;;-1;;;+2. The third-order valence-corrected chi connectivity index (χ3v) is 6.17. The summed E-state index contributed by atoms with van der Waals surface area (Å²) in [7, 11) is -0.114. The van der Waals surface area contributed by atoms with Gasteiger partial charge in [0.25, 0.3) is 0 Å². The van der Waals surface area contributed by atoms with Crippen LogP contribution in [0.5, 0.6) is 0 Å². The summed E-state index contributed by atoms with van der Waals surface area (Å²) < 4.78 is 0. The molecule has 0 unspecified atom stereocenters. The molecule has 5 heteroatoms. The van der Waals surface area contributed by atoms with Gasteiger partial charge in [0, 0.05) is 5.71 Å². The van der Waals surface area contributed by atoms with Gasteiger partial charge in [-0.3, -0.25) is 0 Å². The first-order valence-electron chi connectivity index (χ1n) is 8.31. The Kier molecular flexibility index (Phi) is 11.5. The summed E-state index contributed by atoms with van der Waals surface area (Å²) in [6, 6.07) is 17.7. The van der Waals surface area contributed by atoms with E-state index in [1.54, 1.807) is 5.20 Å². The molecule has 0 saturated carbocycles. The van der Waals surface area contributed by atoms with Crippen LogP contribution in [0.3, 0.4) is 0 Å². The van der Waals surface area contributed by atoms with Crippen molar-refractivity contribution in [1.82, 2.24) is 0 Å². The van der Waals surface area contributed by atoms with Crippen LogP contribution in [0.25, 0.3) is 11.6 Å². The number of nitrogens with zero attached hydrogens (tertiary/aromatic N) is 1. The number of fused-ring (bicyclic) bond motifs is 4. The number of hydrogen-bond acceptors (Lipinski definition) is 1. The maximum absolute atomic E-state index is 4.62. The van der Waals surface area contributed by atoms with Crippen molar-refractivity contribution in [1.29, 1.82) is 0 Å². The Hall–Kier alpha value is -0.990. The van der Waals surface area contributed by atoms with E-state index in [1.807, 2.05) is 18.2 Å². The van der Waals surface area contributed by atoms with Crippen molar-refractivity contribution in [2.45, 2.75) is 19.5 Å². The first kappa shape index (κ1) is 27.0. The van der Waals surface area contributed by atoms with E-state index >= 15 is 0 Å². The molecule has 0 saturated heterocycles. The van der Waals surface area contributed by atoms with Gasteiger partial charge in [-0.2, -0.15) is 0 Å². The molecule has 0 spiro atoms. The van der Waals surface area contributed by atoms with Gasteiger partial charge in [0.05, 0.1) is 8.80 Å². The summed E-state index contributed by atoms with van der Waals surface area (Å²) in [4.78, 5) is 4.62. The van der Waals surface area contributed by atoms with Crippen LogP contribution in [0, 0.1) is 13.5 Å². The quantitative estimate of drug-likeness (QED) is 0.382. The molecule has 1 nitrogen and oxygen atoms in total. The van der Waals surface area contributed by atoms with Crippen LogP contribution < -0.4 is 10.4 Å². The molecule has 3 aliphatic rings. The first-order chi connectivity index (χ1) is 11.7. The fraction of sp³-hybridized carbons (Fsp3) is 0.130.